The number of nitrogens with zero attached hydrogens (tertiary/aromatic N) is 1. The third-order valence-electron chi connectivity index (χ3n) is 2.76. The van der Waals surface area contributed by atoms with Crippen molar-refractivity contribution < 1.29 is 9.47 Å². The summed E-state index contributed by atoms with van der Waals surface area (Å²) in [6.45, 7) is 1.32. The Morgan fingerprint density at radius 2 is 2.41 bits per heavy atom. The summed E-state index contributed by atoms with van der Waals surface area (Å²) < 4.78 is 10.7. The molecule has 1 heterocycles. The Labute approximate surface area is 101 Å². The van der Waals surface area contributed by atoms with Gasteiger partial charge in [-0.1, -0.05) is 12.1 Å². The largest absolute Gasteiger partial charge is 0.497 e. The summed E-state index contributed by atoms with van der Waals surface area (Å²) in [7, 11) is 1.67. The van der Waals surface area contributed by atoms with Crippen LogP contribution in [0.3, 0.4) is 0 Å². The fraction of sp³-hybridized carbons (Fsp3) is 0.462. The minimum Gasteiger partial charge on any atom is -0.497 e. The number of ether oxygens (including phenoxy) is 2. The fourth-order valence-electron chi connectivity index (χ4n) is 1.86. The molecule has 0 spiro atoms. The standard InChI is InChI=1S/C13H18N2O2/c1-16-12-4-2-3-10(7-12)8-13-15-11(5-6-14)9-17-13/h2-4,7,11H,5-6,8-9,14H2,1H3. The second kappa shape index (κ2) is 5.68. The molecule has 0 aliphatic carbocycles. The topological polar surface area (TPSA) is 56.8 Å². The summed E-state index contributed by atoms with van der Waals surface area (Å²) in [5.74, 6) is 1.66. The quantitative estimate of drug-likeness (QED) is 0.837. The van der Waals surface area contributed by atoms with Crippen molar-refractivity contribution in [3.63, 3.8) is 0 Å². The van der Waals surface area contributed by atoms with E-state index in [0.29, 0.717) is 13.2 Å². The normalized spacial score (nSPS) is 18.7. The zero-order valence-corrected chi connectivity index (χ0v) is 10.1. The van der Waals surface area contributed by atoms with Crippen LogP contribution in [0, 0.1) is 0 Å². The molecular weight excluding hydrogens is 216 g/mol. The van der Waals surface area contributed by atoms with Crippen LogP contribution in [0.4, 0.5) is 0 Å². The van der Waals surface area contributed by atoms with E-state index in [4.69, 9.17) is 15.2 Å². The molecule has 0 aromatic heterocycles. The van der Waals surface area contributed by atoms with Crippen LogP contribution in [0.5, 0.6) is 5.75 Å². The monoisotopic (exact) mass is 234 g/mol. The highest BCUT2D eigenvalue weighted by atomic mass is 16.5. The van der Waals surface area contributed by atoms with Gasteiger partial charge in [0.25, 0.3) is 0 Å². The third kappa shape index (κ3) is 3.20. The number of nitrogens with two attached hydrogens (primary N) is 1. The van der Waals surface area contributed by atoms with E-state index in [2.05, 4.69) is 4.99 Å². The van der Waals surface area contributed by atoms with E-state index in [9.17, 15) is 0 Å². The van der Waals surface area contributed by atoms with E-state index in [1.54, 1.807) is 7.11 Å². The van der Waals surface area contributed by atoms with Gasteiger partial charge in [-0.3, -0.25) is 0 Å². The van der Waals surface area contributed by atoms with Crippen LogP contribution in [0.15, 0.2) is 29.3 Å². The summed E-state index contributed by atoms with van der Waals surface area (Å²) >= 11 is 0. The number of benzene rings is 1. The number of hydrogen-bond acceptors (Lipinski definition) is 4. The Morgan fingerprint density at radius 3 is 3.18 bits per heavy atom. The molecule has 2 rings (SSSR count). The molecule has 0 saturated carbocycles. The van der Waals surface area contributed by atoms with Crippen LogP contribution in [0.2, 0.25) is 0 Å². The molecule has 0 fully saturated rings. The molecule has 0 radical (unpaired) electrons. The van der Waals surface area contributed by atoms with E-state index < -0.39 is 0 Å². The molecular formula is C13H18N2O2. The van der Waals surface area contributed by atoms with Crippen LogP contribution >= 0.6 is 0 Å². The summed E-state index contributed by atoms with van der Waals surface area (Å²) in [5, 5.41) is 0. The predicted molar refractivity (Wildman–Crippen MR) is 67.5 cm³/mol. The average molecular weight is 234 g/mol. The molecule has 1 unspecified atom stereocenters. The molecule has 0 saturated heterocycles. The lowest BCUT2D eigenvalue weighted by molar-refractivity contribution is 0.307. The first-order chi connectivity index (χ1) is 8.31. The lowest BCUT2D eigenvalue weighted by atomic mass is 10.1. The molecule has 1 aromatic rings. The SMILES string of the molecule is COc1cccc(CC2=NC(CCN)CO2)c1. The maximum absolute atomic E-state index is 5.55. The highest BCUT2D eigenvalue weighted by Gasteiger charge is 2.18. The highest BCUT2D eigenvalue weighted by Crippen LogP contribution is 2.16. The van der Waals surface area contributed by atoms with Gasteiger partial charge in [0, 0.05) is 6.42 Å². The summed E-state index contributed by atoms with van der Waals surface area (Å²) in [5.41, 5.74) is 6.65. The van der Waals surface area contributed by atoms with Crippen molar-refractivity contribution >= 4 is 5.90 Å². The molecule has 4 heteroatoms. The van der Waals surface area contributed by atoms with Gasteiger partial charge >= 0.3 is 0 Å². The molecule has 0 amide bonds. The maximum Gasteiger partial charge on any atom is 0.188 e. The molecule has 92 valence electrons. The zero-order valence-electron chi connectivity index (χ0n) is 10.1. The van der Waals surface area contributed by atoms with Gasteiger partial charge < -0.3 is 15.2 Å². The first kappa shape index (κ1) is 11.9. The first-order valence-electron chi connectivity index (χ1n) is 5.84. The van der Waals surface area contributed by atoms with Gasteiger partial charge in [-0.2, -0.15) is 0 Å². The maximum atomic E-state index is 5.55. The van der Waals surface area contributed by atoms with Crippen LogP contribution in [0.25, 0.3) is 0 Å². The van der Waals surface area contributed by atoms with Crippen LogP contribution < -0.4 is 10.5 Å². The van der Waals surface area contributed by atoms with Gasteiger partial charge in [0.05, 0.1) is 13.2 Å². The fourth-order valence-corrected chi connectivity index (χ4v) is 1.86. The Balaban J connectivity index is 1.99. The second-order valence-corrected chi connectivity index (χ2v) is 4.09. The van der Waals surface area contributed by atoms with Crippen LogP contribution in [-0.4, -0.2) is 32.2 Å². The summed E-state index contributed by atoms with van der Waals surface area (Å²) in [4.78, 5) is 4.50. The van der Waals surface area contributed by atoms with Crippen molar-refractivity contribution in [3.8, 4) is 5.75 Å². The van der Waals surface area contributed by atoms with E-state index in [1.807, 2.05) is 24.3 Å². The van der Waals surface area contributed by atoms with Crippen molar-refractivity contribution in [2.45, 2.75) is 18.9 Å². The Bertz CT molecular complexity index is 404. The number of methoxy groups -OCH3 is 1. The Hall–Kier alpha value is -1.55. The molecule has 1 atom stereocenters. The van der Waals surface area contributed by atoms with Gasteiger partial charge in [0.2, 0.25) is 0 Å². The van der Waals surface area contributed by atoms with Crippen molar-refractivity contribution in [2.24, 2.45) is 10.7 Å². The van der Waals surface area contributed by atoms with E-state index in [0.717, 1.165) is 30.1 Å². The first-order valence-corrected chi connectivity index (χ1v) is 5.84. The second-order valence-electron chi connectivity index (χ2n) is 4.09. The molecule has 17 heavy (non-hydrogen) atoms. The third-order valence-corrected chi connectivity index (χ3v) is 2.76. The van der Waals surface area contributed by atoms with E-state index >= 15 is 0 Å². The van der Waals surface area contributed by atoms with Gasteiger partial charge in [0.15, 0.2) is 5.90 Å². The smallest absolute Gasteiger partial charge is 0.188 e. The Morgan fingerprint density at radius 1 is 1.53 bits per heavy atom. The number of rotatable bonds is 5. The van der Waals surface area contributed by atoms with Gasteiger partial charge in [-0.05, 0) is 30.7 Å². The Kier molecular flexibility index (Phi) is 3.98. The number of aliphatic imine (C=N–C) groups is 1. The van der Waals surface area contributed by atoms with E-state index in [-0.39, 0.29) is 6.04 Å². The molecule has 1 aliphatic rings. The number of hydrogen-bond donors (Lipinski definition) is 1. The van der Waals surface area contributed by atoms with Crippen molar-refractivity contribution in [2.75, 3.05) is 20.3 Å². The summed E-state index contributed by atoms with van der Waals surface area (Å²) in [6, 6.07) is 8.19. The van der Waals surface area contributed by atoms with Crippen molar-refractivity contribution in [1.29, 1.82) is 0 Å². The zero-order chi connectivity index (χ0) is 12.1. The molecule has 2 N–H and O–H groups in total. The van der Waals surface area contributed by atoms with Gasteiger partial charge in [0.1, 0.15) is 12.4 Å². The van der Waals surface area contributed by atoms with Gasteiger partial charge in [-0.25, -0.2) is 4.99 Å². The molecule has 1 aromatic carbocycles. The molecule has 1 aliphatic heterocycles. The van der Waals surface area contributed by atoms with Gasteiger partial charge in [-0.15, -0.1) is 0 Å². The van der Waals surface area contributed by atoms with Crippen molar-refractivity contribution in [1.82, 2.24) is 0 Å². The van der Waals surface area contributed by atoms with Crippen LogP contribution in [0.1, 0.15) is 12.0 Å². The average Bonchev–Trinajstić information content (AvgIpc) is 2.77. The van der Waals surface area contributed by atoms with Crippen molar-refractivity contribution in [3.05, 3.63) is 29.8 Å². The lowest BCUT2D eigenvalue weighted by Gasteiger charge is -2.04. The minimum atomic E-state index is 0.237. The van der Waals surface area contributed by atoms with Crippen LogP contribution in [-0.2, 0) is 11.2 Å². The minimum absolute atomic E-state index is 0.237. The summed E-state index contributed by atoms with van der Waals surface area (Å²) in [6.07, 6.45) is 1.61. The lowest BCUT2D eigenvalue weighted by Crippen LogP contribution is -2.12. The highest BCUT2D eigenvalue weighted by molar-refractivity contribution is 5.80. The molecule has 4 nitrogen and oxygen atoms in total. The van der Waals surface area contributed by atoms with E-state index in [1.165, 1.54) is 0 Å². The molecule has 0 bridgehead atoms. The predicted octanol–water partition coefficient (Wildman–Crippen LogP) is 1.38.